The van der Waals surface area contributed by atoms with Gasteiger partial charge in [-0.2, -0.15) is 22.0 Å². The highest BCUT2D eigenvalue weighted by Gasteiger charge is 2.66. The summed E-state index contributed by atoms with van der Waals surface area (Å²) in [6.07, 6.45) is -5.22. The first-order valence-corrected chi connectivity index (χ1v) is 5.20. The molecule has 0 aliphatic carbocycles. The molecule has 0 aromatic rings. The predicted octanol–water partition coefficient (Wildman–Crippen LogP) is 2.52. The van der Waals surface area contributed by atoms with Crippen LogP contribution in [0.3, 0.4) is 0 Å². The lowest BCUT2D eigenvalue weighted by Crippen LogP contribution is -2.58. The molecule has 0 saturated carbocycles. The molecule has 18 heavy (non-hydrogen) atoms. The van der Waals surface area contributed by atoms with Gasteiger partial charge in [0, 0.05) is 0 Å². The highest BCUT2D eigenvalue weighted by molar-refractivity contribution is 5.71. The minimum absolute atomic E-state index is 0.0654. The van der Waals surface area contributed by atoms with Gasteiger partial charge in [0.1, 0.15) is 0 Å². The van der Waals surface area contributed by atoms with E-state index in [1.165, 1.54) is 6.92 Å². The summed E-state index contributed by atoms with van der Waals surface area (Å²) in [7, 11) is 0. The molecule has 3 nitrogen and oxygen atoms in total. The number of aliphatic hydroxyl groups is 1. The Balaban J connectivity index is 4.73. The second kappa shape index (κ2) is 5.38. The summed E-state index contributed by atoms with van der Waals surface area (Å²) in [5, 5.41) is 8.82. The molecular weight excluding hydrogens is 263 g/mol. The Morgan fingerprint density at radius 3 is 2.06 bits per heavy atom. The fourth-order valence-electron chi connectivity index (χ4n) is 0.819. The van der Waals surface area contributed by atoms with Crippen LogP contribution in [0.25, 0.3) is 0 Å². The molecule has 0 amide bonds. The number of halogens is 5. The molecule has 0 spiro atoms. The zero-order valence-electron chi connectivity index (χ0n) is 10.1. The van der Waals surface area contributed by atoms with Crippen molar-refractivity contribution < 1.29 is 36.6 Å². The third-order valence-corrected chi connectivity index (χ3v) is 2.67. The Morgan fingerprint density at radius 1 is 1.28 bits per heavy atom. The molecule has 0 fully saturated rings. The van der Waals surface area contributed by atoms with Crippen molar-refractivity contribution in [3.63, 3.8) is 0 Å². The molecule has 108 valence electrons. The highest BCUT2D eigenvalue weighted by Crippen LogP contribution is 2.41. The molecule has 1 N–H and O–H groups in total. The van der Waals surface area contributed by atoms with Crippen molar-refractivity contribution >= 4 is 5.97 Å². The van der Waals surface area contributed by atoms with Crippen molar-refractivity contribution in [1.29, 1.82) is 0 Å². The van der Waals surface area contributed by atoms with Crippen molar-refractivity contribution in [2.24, 2.45) is 5.92 Å². The van der Waals surface area contributed by atoms with E-state index >= 15 is 0 Å². The van der Waals surface area contributed by atoms with Crippen LogP contribution in [0.15, 0.2) is 0 Å². The quantitative estimate of drug-likeness (QED) is 0.621. The molecular formula is C10H15F5O3. The zero-order valence-corrected chi connectivity index (χ0v) is 10.1. The third-order valence-electron chi connectivity index (χ3n) is 2.67. The van der Waals surface area contributed by atoms with Gasteiger partial charge >= 0.3 is 18.1 Å². The van der Waals surface area contributed by atoms with Crippen LogP contribution in [0.1, 0.15) is 27.2 Å². The fourth-order valence-corrected chi connectivity index (χ4v) is 0.819. The lowest BCUT2D eigenvalue weighted by molar-refractivity contribution is -0.330. The van der Waals surface area contributed by atoms with Gasteiger partial charge in [-0.25, -0.2) is 0 Å². The average molecular weight is 278 g/mol. The molecule has 0 radical (unpaired) electrons. The van der Waals surface area contributed by atoms with Crippen LogP contribution in [0, 0.1) is 5.92 Å². The van der Waals surface area contributed by atoms with Gasteiger partial charge in [-0.05, 0) is 13.3 Å². The topological polar surface area (TPSA) is 46.5 Å². The Morgan fingerprint density at radius 2 is 1.72 bits per heavy atom. The van der Waals surface area contributed by atoms with Crippen molar-refractivity contribution in [2.45, 2.75) is 44.9 Å². The standard InChI is InChI=1S/C10H15F5O3/c1-4-6(2)7(16)18-5-9(11,12)8(3,17)10(13,14)15/h6,17H,4-5H2,1-3H3. The van der Waals surface area contributed by atoms with Gasteiger partial charge in [-0.3, -0.25) is 4.79 Å². The van der Waals surface area contributed by atoms with E-state index in [4.69, 9.17) is 5.11 Å². The molecule has 0 aliphatic heterocycles. The van der Waals surface area contributed by atoms with E-state index in [0.29, 0.717) is 6.42 Å². The van der Waals surface area contributed by atoms with Gasteiger partial charge in [0.25, 0.3) is 0 Å². The van der Waals surface area contributed by atoms with Crippen LogP contribution in [0.4, 0.5) is 22.0 Å². The third kappa shape index (κ3) is 3.54. The lowest BCUT2D eigenvalue weighted by atomic mass is 9.98. The van der Waals surface area contributed by atoms with Crippen LogP contribution in [-0.2, 0) is 9.53 Å². The Labute approximate surface area is 101 Å². The molecule has 0 rings (SSSR count). The van der Waals surface area contributed by atoms with Crippen LogP contribution >= 0.6 is 0 Å². The van der Waals surface area contributed by atoms with Gasteiger partial charge in [0.15, 0.2) is 6.61 Å². The van der Waals surface area contributed by atoms with Crippen molar-refractivity contribution in [3.8, 4) is 0 Å². The fraction of sp³-hybridized carbons (Fsp3) is 0.900. The summed E-state index contributed by atoms with van der Waals surface area (Å²) >= 11 is 0. The van der Waals surface area contributed by atoms with Crippen molar-refractivity contribution in [1.82, 2.24) is 0 Å². The number of hydrogen-bond donors (Lipinski definition) is 1. The van der Waals surface area contributed by atoms with E-state index in [9.17, 15) is 26.7 Å². The second-order valence-corrected chi connectivity index (χ2v) is 4.19. The summed E-state index contributed by atoms with van der Waals surface area (Å²) in [6.45, 7) is 1.10. The first kappa shape index (κ1) is 17.1. The van der Waals surface area contributed by atoms with E-state index < -0.39 is 36.2 Å². The highest BCUT2D eigenvalue weighted by atomic mass is 19.4. The second-order valence-electron chi connectivity index (χ2n) is 4.19. The normalized spacial score (nSPS) is 18.1. The number of hydrogen-bond acceptors (Lipinski definition) is 3. The first-order valence-electron chi connectivity index (χ1n) is 5.20. The Hall–Kier alpha value is -0.920. The van der Waals surface area contributed by atoms with E-state index in [1.807, 2.05) is 0 Å². The minimum atomic E-state index is -5.53. The maximum absolute atomic E-state index is 13.2. The van der Waals surface area contributed by atoms with Crippen LogP contribution in [0.5, 0.6) is 0 Å². The van der Waals surface area contributed by atoms with E-state index in [2.05, 4.69) is 4.74 Å². The lowest BCUT2D eigenvalue weighted by Gasteiger charge is -2.33. The van der Waals surface area contributed by atoms with Crippen LogP contribution < -0.4 is 0 Å². The number of rotatable bonds is 5. The molecule has 8 heteroatoms. The molecule has 0 saturated heterocycles. The summed E-state index contributed by atoms with van der Waals surface area (Å²) in [4.78, 5) is 11.1. The van der Waals surface area contributed by atoms with Crippen molar-refractivity contribution in [2.75, 3.05) is 6.61 Å². The number of esters is 1. The summed E-state index contributed by atoms with van der Waals surface area (Å²) in [6, 6.07) is 0. The molecule has 0 heterocycles. The van der Waals surface area contributed by atoms with E-state index in [-0.39, 0.29) is 6.92 Å². The molecule has 2 atom stereocenters. The summed E-state index contributed by atoms with van der Waals surface area (Å²) < 4.78 is 67.1. The average Bonchev–Trinajstić information content (AvgIpc) is 2.22. The molecule has 2 unspecified atom stereocenters. The summed E-state index contributed by atoms with van der Waals surface area (Å²) in [5.74, 6) is -6.35. The Kier molecular flexibility index (Phi) is 5.10. The molecule has 0 aliphatic rings. The van der Waals surface area contributed by atoms with Crippen LogP contribution in [0.2, 0.25) is 0 Å². The zero-order chi connectivity index (χ0) is 14.8. The van der Waals surface area contributed by atoms with Gasteiger partial charge < -0.3 is 9.84 Å². The van der Waals surface area contributed by atoms with Crippen molar-refractivity contribution in [3.05, 3.63) is 0 Å². The molecule has 0 bridgehead atoms. The van der Waals surface area contributed by atoms with Gasteiger partial charge in [0.2, 0.25) is 5.60 Å². The molecule has 0 aromatic heterocycles. The maximum Gasteiger partial charge on any atom is 0.423 e. The number of carbonyl (C=O) groups excluding carboxylic acids is 1. The van der Waals surface area contributed by atoms with Gasteiger partial charge in [-0.1, -0.05) is 13.8 Å². The summed E-state index contributed by atoms with van der Waals surface area (Å²) in [5.41, 5.74) is -4.25. The minimum Gasteiger partial charge on any atom is -0.459 e. The monoisotopic (exact) mass is 278 g/mol. The maximum atomic E-state index is 13.2. The van der Waals surface area contributed by atoms with E-state index in [1.54, 1.807) is 6.92 Å². The SMILES string of the molecule is CCC(C)C(=O)OCC(F)(F)C(C)(O)C(F)(F)F. The van der Waals surface area contributed by atoms with Crippen LogP contribution in [-0.4, -0.2) is 35.4 Å². The van der Waals surface area contributed by atoms with Gasteiger partial charge in [0.05, 0.1) is 5.92 Å². The molecule has 0 aromatic carbocycles. The Bertz CT molecular complexity index is 298. The first-order chi connectivity index (χ1) is 7.87. The number of ether oxygens (including phenoxy) is 1. The van der Waals surface area contributed by atoms with E-state index in [0.717, 1.165) is 0 Å². The van der Waals surface area contributed by atoms with Gasteiger partial charge in [-0.15, -0.1) is 0 Å². The predicted molar refractivity (Wildman–Crippen MR) is 52.0 cm³/mol. The number of alkyl halides is 5. The number of carbonyl (C=O) groups is 1. The largest absolute Gasteiger partial charge is 0.459 e. The smallest absolute Gasteiger partial charge is 0.423 e.